The first-order chi connectivity index (χ1) is 10.7. The second-order valence-corrected chi connectivity index (χ2v) is 6.81. The summed E-state index contributed by atoms with van der Waals surface area (Å²) in [7, 11) is 0. The summed E-state index contributed by atoms with van der Waals surface area (Å²) in [5.74, 6) is -0.302. The Morgan fingerprint density at radius 3 is 2.43 bits per heavy atom. The maximum atomic E-state index is 13.4. The summed E-state index contributed by atoms with van der Waals surface area (Å²) in [5, 5.41) is 9.36. The number of aliphatic hydroxyl groups is 1. The van der Waals surface area contributed by atoms with E-state index in [9.17, 15) is 18.3 Å². The maximum absolute atomic E-state index is 13.4. The number of fused-ring (bicyclic) bond motifs is 1. The van der Waals surface area contributed by atoms with Gasteiger partial charge in [0.15, 0.2) is 0 Å². The summed E-state index contributed by atoms with van der Waals surface area (Å²) in [4.78, 5) is 0. The van der Waals surface area contributed by atoms with Gasteiger partial charge in [-0.05, 0) is 40.2 Å². The molecule has 1 N–H and O–H groups in total. The molecule has 0 bridgehead atoms. The predicted molar refractivity (Wildman–Crippen MR) is 83.3 cm³/mol. The highest BCUT2D eigenvalue weighted by Gasteiger charge is 2.42. The van der Waals surface area contributed by atoms with Crippen molar-refractivity contribution in [3.05, 3.63) is 70.3 Å². The second kappa shape index (κ2) is 5.38. The molecule has 0 aliphatic heterocycles. The first-order valence-corrected chi connectivity index (χ1v) is 7.64. The summed E-state index contributed by atoms with van der Waals surface area (Å²) in [6.07, 6.45) is -3.73. The standard InChI is InChI=1S/C19H19F3O/c1-18(2)10-15(14-9-12(11-23)7-8-16(14)18)13-5-3-4-6-17(13)19(20,21)22/h3-9,15,23H,10-11H2,1-2H3. The number of hydrogen-bond acceptors (Lipinski definition) is 1. The zero-order valence-corrected chi connectivity index (χ0v) is 13.1. The van der Waals surface area contributed by atoms with Gasteiger partial charge in [0.2, 0.25) is 0 Å². The van der Waals surface area contributed by atoms with Gasteiger partial charge in [-0.15, -0.1) is 0 Å². The molecule has 0 fully saturated rings. The predicted octanol–water partition coefficient (Wildman–Crippen LogP) is 5.01. The molecule has 2 aromatic rings. The average Bonchev–Trinajstić information content (AvgIpc) is 2.77. The van der Waals surface area contributed by atoms with Crippen LogP contribution in [0.2, 0.25) is 0 Å². The molecule has 3 rings (SSSR count). The molecule has 0 aromatic heterocycles. The molecule has 0 saturated heterocycles. The first-order valence-electron chi connectivity index (χ1n) is 7.64. The highest BCUT2D eigenvalue weighted by atomic mass is 19.4. The molecule has 0 radical (unpaired) electrons. The van der Waals surface area contributed by atoms with Crippen LogP contribution in [0, 0.1) is 0 Å². The van der Waals surface area contributed by atoms with Crippen molar-refractivity contribution >= 4 is 0 Å². The Balaban J connectivity index is 2.18. The van der Waals surface area contributed by atoms with Crippen LogP contribution in [-0.4, -0.2) is 5.11 Å². The quantitative estimate of drug-likeness (QED) is 0.824. The molecule has 1 atom stereocenters. The van der Waals surface area contributed by atoms with E-state index in [1.165, 1.54) is 6.07 Å². The van der Waals surface area contributed by atoms with Crippen molar-refractivity contribution in [2.75, 3.05) is 0 Å². The van der Waals surface area contributed by atoms with Gasteiger partial charge in [0.1, 0.15) is 0 Å². The van der Waals surface area contributed by atoms with E-state index in [-0.39, 0.29) is 17.9 Å². The van der Waals surface area contributed by atoms with Crippen LogP contribution < -0.4 is 0 Å². The van der Waals surface area contributed by atoms with E-state index < -0.39 is 11.7 Å². The van der Waals surface area contributed by atoms with E-state index in [1.54, 1.807) is 12.1 Å². The van der Waals surface area contributed by atoms with Crippen LogP contribution >= 0.6 is 0 Å². The number of hydrogen-bond donors (Lipinski definition) is 1. The lowest BCUT2D eigenvalue weighted by Gasteiger charge is -2.21. The lowest BCUT2D eigenvalue weighted by atomic mass is 9.84. The summed E-state index contributed by atoms with van der Waals surface area (Å²) in [5.41, 5.74) is 2.27. The van der Waals surface area contributed by atoms with Gasteiger partial charge < -0.3 is 5.11 Å². The Hall–Kier alpha value is -1.81. The van der Waals surface area contributed by atoms with E-state index in [0.29, 0.717) is 12.0 Å². The Labute approximate surface area is 133 Å². The fourth-order valence-electron chi connectivity index (χ4n) is 3.68. The molecule has 0 saturated carbocycles. The molecule has 4 heteroatoms. The minimum Gasteiger partial charge on any atom is -0.392 e. The van der Waals surface area contributed by atoms with Crippen LogP contribution in [-0.2, 0) is 18.2 Å². The van der Waals surface area contributed by atoms with E-state index >= 15 is 0 Å². The molecule has 1 unspecified atom stereocenters. The number of aliphatic hydroxyl groups excluding tert-OH is 1. The van der Waals surface area contributed by atoms with Crippen molar-refractivity contribution in [3.63, 3.8) is 0 Å². The Kier molecular flexibility index (Phi) is 3.75. The van der Waals surface area contributed by atoms with Gasteiger partial charge >= 0.3 is 6.18 Å². The second-order valence-electron chi connectivity index (χ2n) is 6.81. The normalized spacial score (nSPS) is 19.7. The average molecular weight is 320 g/mol. The highest BCUT2D eigenvalue weighted by molar-refractivity contribution is 5.50. The molecule has 1 aliphatic carbocycles. The van der Waals surface area contributed by atoms with Crippen LogP contribution in [0.25, 0.3) is 0 Å². The smallest absolute Gasteiger partial charge is 0.392 e. The van der Waals surface area contributed by atoms with Gasteiger partial charge in [0.25, 0.3) is 0 Å². The van der Waals surface area contributed by atoms with E-state index in [0.717, 1.165) is 22.8 Å². The molecule has 0 spiro atoms. The summed E-state index contributed by atoms with van der Waals surface area (Å²) in [6, 6.07) is 11.4. The zero-order valence-electron chi connectivity index (χ0n) is 13.1. The van der Waals surface area contributed by atoms with Crippen molar-refractivity contribution in [2.24, 2.45) is 0 Å². The Bertz CT molecular complexity index is 732. The summed E-state index contributed by atoms with van der Waals surface area (Å²) in [6.45, 7) is 4.00. The van der Waals surface area contributed by atoms with Gasteiger partial charge in [0, 0.05) is 5.92 Å². The zero-order chi connectivity index (χ0) is 16.8. The van der Waals surface area contributed by atoms with Gasteiger partial charge in [0.05, 0.1) is 12.2 Å². The fourth-order valence-corrected chi connectivity index (χ4v) is 3.68. The third-order valence-electron chi connectivity index (χ3n) is 4.76. The maximum Gasteiger partial charge on any atom is 0.416 e. The van der Waals surface area contributed by atoms with Gasteiger partial charge in [-0.3, -0.25) is 0 Å². The van der Waals surface area contributed by atoms with Crippen LogP contribution in [0.15, 0.2) is 42.5 Å². The Morgan fingerprint density at radius 2 is 1.78 bits per heavy atom. The molecular weight excluding hydrogens is 301 g/mol. The highest BCUT2D eigenvalue weighted by Crippen LogP contribution is 2.51. The molecule has 1 nitrogen and oxygen atoms in total. The molecule has 122 valence electrons. The number of benzene rings is 2. The minimum absolute atomic E-state index is 0.110. The largest absolute Gasteiger partial charge is 0.416 e. The fraction of sp³-hybridized carbons (Fsp3) is 0.368. The van der Waals surface area contributed by atoms with Crippen molar-refractivity contribution in [3.8, 4) is 0 Å². The van der Waals surface area contributed by atoms with E-state index in [2.05, 4.69) is 13.8 Å². The molecule has 0 amide bonds. The Morgan fingerprint density at radius 1 is 1.09 bits per heavy atom. The third kappa shape index (κ3) is 2.76. The van der Waals surface area contributed by atoms with Crippen molar-refractivity contribution in [1.82, 2.24) is 0 Å². The van der Waals surface area contributed by atoms with Crippen molar-refractivity contribution in [2.45, 2.75) is 44.4 Å². The van der Waals surface area contributed by atoms with Crippen molar-refractivity contribution < 1.29 is 18.3 Å². The minimum atomic E-state index is -4.36. The monoisotopic (exact) mass is 320 g/mol. The first kappa shape index (κ1) is 16.1. The van der Waals surface area contributed by atoms with Gasteiger partial charge in [-0.25, -0.2) is 0 Å². The SMILES string of the molecule is CC1(C)CC(c2ccccc2C(F)(F)F)c2cc(CO)ccc21. The van der Waals surface area contributed by atoms with Crippen LogP contribution in [0.1, 0.15) is 54.0 Å². The molecule has 0 heterocycles. The number of halogens is 3. The molecule has 23 heavy (non-hydrogen) atoms. The lowest BCUT2D eigenvalue weighted by Crippen LogP contribution is -2.14. The molecular formula is C19H19F3O. The van der Waals surface area contributed by atoms with Crippen LogP contribution in [0.3, 0.4) is 0 Å². The number of alkyl halides is 3. The summed E-state index contributed by atoms with van der Waals surface area (Å²) >= 11 is 0. The van der Waals surface area contributed by atoms with Gasteiger partial charge in [-0.2, -0.15) is 13.2 Å². The third-order valence-corrected chi connectivity index (χ3v) is 4.76. The molecule has 1 aliphatic rings. The topological polar surface area (TPSA) is 20.2 Å². The summed E-state index contributed by atoms with van der Waals surface area (Å²) < 4.78 is 40.1. The van der Waals surface area contributed by atoms with Crippen LogP contribution in [0.4, 0.5) is 13.2 Å². The van der Waals surface area contributed by atoms with Gasteiger partial charge in [-0.1, -0.05) is 50.2 Å². The lowest BCUT2D eigenvalue weighted by molar-refractivity contribution is -0.138. The molecule has 2 aromatic carbocycles. The van der Waals surface area contributed by atoms with E-state index in [1.807, 2.05) is 18.2 Å². The van der Waals surface area contributed by atoms with Crippen LogP contribution in [0.5, 0.6) is 0 Å². The van der Waals surface area contributed by atoms with E-state index in [4.69, 9.17) is 0 Å². The number of rotatable bonds is 2. The van der Waals surface area contributed by atoms with Crippen molar-refractivity contribution in [1.29, 1.82) is 0 Å².